The van der Waals surface area contributed by atoms with Crippen LogP contribution in [0.3, 0.4) is 0 Å². The van der Waals surface area contributed by atoms with E-state index in [2.05, 4.69) is 38.4 Å². The van der Waals surface area contributed by atoms with Crippen LogP contribution in [0.2, 0.25) is 5.02 Å². The van der Waals surface area contributed by atoms with Crippen molar-refractivity contribution >= 4 is 45.8 Å². The van der Waals surface area contributed by atoms with Crippen molar-refractivity contribution in [1.29, 1.82) is 0 Å². The lowest BCUT2D eigenvalue weighted by atomic mass is 9.98. The largest absolute Gasteiger partial charge is 0.496 e. The summed E-state index contributed by atoms with van der Waals surface area (Å²) in [6.07, 6.45) is 2.77. The van der Waals surface area contributed by atoms with Crippen molar-refractivity contribution in [1.82, 2.24) is 5.32 Å². The van der Waals surface area contributed by atoms with E-state index in [0.717, 1.165) is 70.1 Å². The van der Waals surface area contributed by atoms with Gasteiger partial charge in [-0.25, -0.2) is 0 Å². The molecule has 134 valence electrons. The number of ether oxygens (including phenoxy) is 1. The first kappa shape index (κ1) is 20.1. The molecule has 0 aromatic heterocycles. The van der Waals surface area contributed by atoms with Gasteiger partial charge in [-0.15, -0.1) is 12.4 Å². The Bertz CT molecular complexity index is 765. The normalized spacial score (nSPS) is 13.5. The molecule has 0 amide bonds. The van der Waals surface area contributed by atoms with Gasteiger partial charge in [0.1, 0.15) is 11.6 Å². The standard InChI is InChI=1S/C19H20BrClN2O.ClH/c1-24-18-9-7-14(20)12-13(18)6-8-15-16(4-2-5-17(15)21)19-22-10-3-11-23-19;/h2,4-5,7,9,12H,3,6,8,10-11H2,1H3,(H,22,23);1H. The van der Waals surface area contributed by atoms with E-state index in [0.29, 0.717) is 0 Å². The van der Waals surface area contributed by atoms with Crippen LogP contribution in [0.25, 0.3) is 0 Å². The quantitative estimate of drug-likeness (QED) is 0.700. The highest BCUT2D eigenvalue weighted by Crippen LogP contribution is 2.27. The number of nitrogens with zero attached hydrogens (tertiary/aromatic N) is 1. The Labute approximate surface area is 168 Å². The third-order valence-corrected chi connectivity index (χ3v) is 5.01. The average molecular weight is 444 g/mol. The van der Waals surface area contributed by atoms with Crippen LogP contribution in [0.4, 0.5) is 0 Å². The summed E-state index contributed by atoms with van der Waals surface area (Å²) in [5.74, 6) is 1.86. The van der Waals surface area contributed by atoms with E-state index in [1.807, 2.05) is 24.3 Å². The molecule has 0 fully saturated rings. The van der Waals surface area contributed by atoms with Gasteiger partial charge in [0.25, 0.3) is 0 Å². The second-order valence-corrected chi connectivity index (χ2v) is 7.06. The van der Waals surface area contributed by atoms with Crippen molar-refractivity contribution in [3.63, 3.8) is 0 Å². The van der Waals surface area contributed by atoms with Crippen molar-refractivity contribution in [3.8, 4) is 5.75 Å². The summed E-state index contributed by atoms with van der Waals surface area (Å²) in [6.45, 7) is 1.83. The van der Waals surface area contributed by atoms with E-state index in [-0.39, 0.29) is 12.4 Å². The molecule has 1 aliphatic rings. The number of halogens is 3. The number of rotatable bonds is 5. The maximum Gasteiger partial charge on any atom is 0.128 e. The summed E-state index contributed by atoms with van der Waals surface area (Å²) in [5.41, 5.74) is 3.40. The van der Waals surface area contributed by atoms with Gasteiger partial charge >= 0.3 is 0 Å². The molecule has 0 unspecified atom stereocenters. The first-order chi connectivity index (χ1) is 11.7. The SMILES string of the molecule is COc1ccc(Br)cc1CCc1c(Cl)cccc1C1=NCCCN1.Cl. The van der Waals surface area contributed by atoms with Crippen molar-refractivity contribution in [3.05, 3.63) is 62.6 Å². The molecular weight excluding hydrogens is 423 g/mol. The molecule has 1 aliphatic heterocycles. The molecule has 2 aromatic carbocycles. The van der Waals surface area contributed by atoms with Gasteiger partial charge in [-0.05, 0) is 54.7 Å². The number of benzene rings is 2. The summed E-state index contributed by atoms with van der Waals surface area (Å²) in [5, 5.41) is 4.18. The topological polar surface area (TPSA) is 33.6 Å². The molecule has 0 saturated heterocycles. The van der Waals surface area contributed by atoms with Crippen molar-refractivity contribution in [2.24, 2.45) is 4.99 Å². The van der Waals surface area contributed by atoms with Gasteiger partial charge in [-0.1, -0.05) is 39.7 Å². The lowest BCUT2D eigenvalue weighted by Gasteiger charge is -2.19. The van der Waals surface area contributed by atoms with Crippen LogP contribution in [-0.2, 0) is 12.8 Å². The van der Waals surface area contributed by atoms with E-state index in [9.17, 15) is 0 Å². The maximum atomic E-state index is 6.50. The Morgan fingerprint density at radius 3 is 2.80 bits per heavy atom. The molecule has 0 saturated carbocycles. The van der Waals surface area contributed by atoms with Crippen LogP contribution in [0.5, 0.6) is 5.75 Å². The highest BCUT2D eigenvalue weighted by molar-refractivity contribution is 9.10. The molecule has 0 aliphatic carbocycles. The van der Waals surface area contributed by atoms with Crippen molar-refractivity contribution in [2.75, 3.05) is 20.2 Å². The third-order valence-electron chi connectivity index (χ3n) is 4.16. The van der Waals surface area contributed by atoms with Crippen LogP contribution in [0.1, 0.15) is 23.1 Å². The Morgan fingerprint density at radius 2 is 2.08 bits per heavy atom. The second-order valence-electron chi connectivity index (χ2n) is 5.73. The molecular formula is C19H21BrCl2N2O. The van der Waals surface area contributed by atoms with Gasteiger partial charge in [-0.2, -0.15) is 0 Å². The monoisotopic (exact) mass is 442 g/mol. The van der Waals surface area contributed by atoms with E-state index in [1.165, 1.54) is 0 Å². The number of amidine groups is 1. The van der Waals surface area contributed by atoms with Gasteiger partial charge in [0, 0.05) is 28.1 Å². The average Bonchev–Trinajstić information content (AvgIpc) is 2.61. The van der Waals surface area contributed by atoms with Crippen molar-refractivity contribution in [2.45, 2.75) is 19.3 Å². The lowest BCUT2D eigenvalue weighted by molar-refractivity contribution is 0.409. The number of hydrogen-bond acceptors (Lipinski definition) is 3. The molecule has 0 spiro atoms. The minimum absolute atomic E-state index is 0. The first-order valence-corrected chi connectivity index (χ1v) is 9.24. The number of aliphatic imine (C=N–C) groups is 1. The predicted molar refractivity (Wildman–Crippen MR) is 111 cm³/mol. The van der Waals surface area contributed by atoms with Crippen LogP contribution in [0.15, 0.2) is 45.9 Å². The summed E-state index contributed by atoms with van der Waals surface area (Å²) >= 11 is 10.0. The summed E-state index contributed by atoms with van der Waals surface area (Å²) in [6, 6.07) is 12.1. The minimum Gasteiger partial charge on any atom is -0.496 e. The summed E-state index contributed by atoms with van der Waals surface area (Å²) in [4.78, 5) is 4.62. The highest BCUT2D eigenvalue weighted by atomic mass is 79.9. The second kappa shape index (κ2) is 9.46. The zero-order valence-electron chi connectivity index (χ0n) is 14.0. The van der Waals surface area contributed by atoms with Gasteiger partial charge in [-0.3, -0.25) is 4.99 Å². The van der Waals surface area contributed by atoms with Gasteiger partial charge < -0.3 is 10.1 Å². The van der Waals surface area contributed by atoms with Gasteiger partial charge in [0.15, 0.2) is 0 Å². The van der Waals surface area contributed by atoms with Crippen LogP contribution in [-0.4, -0.2) is 26.0 Å². The molecule has 0 atom stereocenters. The maximum absolute atomic E-state index is 6.50. The number of aryl methyl sites for hydroxylation is 1. The smallest absolute Gasteiger partial charge is 0.128 e. The fraction of sp³-hybridized carbons (Fsp3) is 0.316. The van der Waals surface area contributed by atoms with E-state index >= 15 is 0 Å². The first-order valence-electron chi connectivity index (χ1n) is 8.07. The Hall–Kier alpha value is -1.23. The minimum atomic E-state index is 0. The molecule has 2 aromatic rings. The van der Waals surface area contributed by atoms with Crippen LogP contribution >= 0.6 is 39.9 Å². The molecule has 3 nitrogen and oxygen atoms in total. The molecule has 1 heterocycles. The summed E-state index contributed by atoms with van der Waals surface area (Å²) in [7, 11) is 1.70. The lowest BCUT2D eigenvalue weighted by Crippen LogP contribution is -2.31. The van der Waals surface area contributed by atoms with Gasteiger partial charge in [0.05, 0.1) is 7.11 Å². The molecule has 0 bridgehead atoms. The molecule has 3 rings (SSSR count). The fourth-order valence-corrected chi connectivity index (χ4v) is 3.63. The number of nitrogens with one attached hydrogen (secondary N) is 1. The van der Waals surface area contributed by atoms with Gasteiger partial charge in [0.2, 0.25) is 0 Å². The third kappa shape index (κ3) is 4.90. The summed E-state index contributed by atoms with van der Waals surface area (Å²) < 4.78 is 6.53. The predicted octanol–water partition coefficient (Wildman–Crippen LogP) is 5.06. The zero-order chi connectivity index (χ0) is 16.9. The van der Waals surface area contributed by atoms with E-state index in [1.54, 1.807) is 7.11 Å². The Kier molecular flexibility index (Phi) is 7.60. The fourth-order valence-electron chi connectivity index (χ4n) is 2.95. The van der Waals surface area contributed by atoms with Crippen molar-refractivity contribution < 1.29 is 4.74 Å². The zero-order valence-corrected chi connectivity index (χ0v) is 17.2. The van der Waals surface area contributed by atoms with E-state index < -0.39 is 0 Å². The molecule has 6 heteroatoms. The number of methoxy groups -OCH3 is 1. The Morgan fingerprint density at radius 1 is 1.24 bits per heavy atom. The van der Waals surface area contributed by atoms with E-state index in [4.69, 9.17) is 16.3 Å². The number of hydrogen-bond donors (Lipinski definition) is 1. The molecule has 1 N–H and O–H groups in total. The highest BCUT2D eigenvalue weighted by Gasteiger charge is 2.15. The van der Waals surface area contributed by atoms with Crippen LogP contribution < -0.4 is 10.1 Å². The van der Waals surface area contributed by atoms with Crippen LogP contribution in [0, 0.1) is 0 Å². The molecule has 25 heavy (non-hydrogen) atoms. The Balaban J connectivity index is 0.00000225. The molecule has 0 radical (unpaired) electrons.